The third kappa shape index (κ3) is 5.10. The van der Waals surface area contributed by atoms with E-state index in [4.69, 9.17) is 5.73 Å². The Labute approximate surface area is 143 Å². The van der Waals surface area contributed by atoms with Crippen LogP contribution in [0, 0.1) is 5.92 Å². The van der Waals surface area contributed by atoms with Crippen molar-refractivity contribution in [2.75, 3.05) is 6.54 Å². The van der Waals surface area contributed by atoms with Gasteiger partial charge < -0.3 is 16.4 Å². The number of nitrogens with two attached hydrogens (primary N) is 1. The number of rotatable bonds is 4. The number of halogens is 4. The Morgan fingerprint density at radius 1 is 1.29 bits per heavy atom. The van der Waals surface area contributed by atoms with E-state index in [0.29, 0.717) is 0 Å². The van der Waals surface area contributed by atoms with Gasteiger partial charge in [0.15, 0.2) is 0 Å². The summed E-state index contributed by atoms with van der Waals surface area (Å²) >= 11 is 0. The summed E-state index contributed by atoms with van der Waals surface area (Å²) in [6.45, 7) is 0.106. The van der Waals surface area contributed by atoms with Gasteiger partial charge in [-0.2, -0.15) is 13.2 Å². The number of hydrogen-bond acceptors (Lipinski definition) is 3. The number of hydrogen-bond donors (Lipinski definition) is 3. The van der Waals surface area contributed by atoms with Gasteiger partial charge in [0.05, 0.1) is 0 Å². The van der Waals surface area contributed by atoms with Crippen LogP contribution in [0.25, 0.3) is 0 Å². The van der Waals surface area contributed by atoms with E-state index in [-0.39, 0.29) is 31.8 Å². The Morgan fingerprint density at radius 3 is 2.46 bits per heavy atom. The number of nitrogens with one attached hydrogen (secondary N) is 2. The van der Waals surface area contributed by atoms with Crippen LogP contribution in [0.3, 0.4) is 0 Å². The minimum atomic E-state index is -4.49. The van der Waals surface area contributed by atoms with Gasteiger partial charge in [0, 0.05) is 12.6 Å². The molecule has 5 nitrogen and oxygen atoms in total. The Balaban J connectivity index is 0.00000288. The van der Waals surface area contributed by atoms with Crippen molar-refractivity contribution in [3.05, 3.63) is 35.9 Å². The number of carbonyl (C=O) groups excluding carboxylic acids is 2. The zero-order valence-electron chi connectivity index (χ0n) is 12.7. The maximum absolute atomic E-state index is 12.6. The molecule has 3 atom stereocenters. The van der Waals surface area contributed by atoms with Gasteiger partial charge in [-0.1, -0.05) is 30.3 Å². The molecular weight excluding hydrogens is 347 g/mol. The second-order valence-corrected chi connectivity index (χ2v) is 5.50. The van der Waals surface area contributed by atoms with Crippen molar-refractivity contribution in [2.24, 2.45) is 11.7 Å². The van der Waals surface area contributed by atoms with Crippen LogP contribution in [0.4, 0.5) is 13.2 Å². The molecular formula is C15H19ClF3N3O2. The van der Waals surface area contributed by atoms with Crippen LogP contribution in [0.5, 0.6) is 0 Å². The van der Waals surface area contributed by atoms with Crippen LogP contribution >= 0.6 is 12.4 Å². The zero-order valence-corrected chi connectivity index (χ0v) is 13.5. The van der Waals surface area contributed by atoms with Gasteiger partial charge in [-0.05, 0) is 18.4 Å². The molecule has 0 spiro atoms. The highest BCUT2D eigenvalue weighted by atomic mass is 35.5. The van der Waals surface area contributed by atoms with Gasteiger partial charge in [-0.3, -0.25) is 9.59 Å². The topological polar surface area (TPSA) is 84.2 Å². The highest BCUT2D eigenvalue weighted by Gasteiger charge is 2.45. The summed E-state index contributed by atoms with van der Waals surface area (Å²) in [6.07, 6.45) is -4.94. The third-order valence-electron chi connectivity index (χ3n) is 3.81. The first kappa shape index (κ1) is 20.2. The van der Waals surface area contributed by atoms with Crippen molar-refractivity contribution >= 4 is 24.2 Å². The number of alkyl halides is 3. The van der Waals surface area contributed by atoms with E-state index in [1.165, 1.54) is 0 Å². The average molecular weight is 366 g/mol. The predicted octanol–water partition coefficient (Wildman–Crippen LogP) is 1.68. The SMILES string of the molecule is Cl.NC(CNC(=O)C1CCC(C(F)(F)F)NC1=O)c1ccccc1. The van der Waals surface area contributed by atoms with Gasteiger partial charge in [0.2, 0.25) is 11.8 Å². The van der Waals surface area contributed by atoms with E-state index in [1.807, 2.05) is 23.5 Å². The summed E-state index contributed by atoms with van der Waals surface area (Å²) in [5.74, 6) is -2.62. The summed E-state index contributed by atoms with van der Waals surface area (Å²) < 4.78 is 37.7. The molecule has 2 rings (SSSR count). The van der Waals surface area contributed by atoms with Gasteiger partial charge >= 0.3 is 6.18 Å². The molecule has 1 aromatic rings. The van der Waals surface area contributed by atoms with Crippen LogP contribution in [0.2, 0.25) is 0 Å². The third-order valence-corrected chi connectivity index (χ3v) is 3.81. The van der Waals surface area contributed by atoms with Crippen molar-refractivity contribution in [1.29, 1.82) is 0 Å². The Bertz CT molecular complexity index is 569. The van der Waals surface area contributed by atoms with Crippen LogP contribution < -0.4 is 16.4 Å². The maximum Gasteiger partial charge on any atom is 0.408 e. The minimum Gasteiger partial charge on any atom is -0.354 e. The number of amides is 2. The quantitative estimate of drug-likeness (QED) is 0.710. The summed E-state index contributed by atoms with van der Waals surface area (Å²) in [5.41, 5.74) is 6.74. The van der Waals surface area contributed by atoms with Crippen molar-refractivity contribution in [1.82, 2.24) is 10.6 Å². The molecule has 0 saturated carbocycles. The summed E-state index contributed by atoms with van der Waals surface area (Å²) in [7, 11) is 0. The molecule has 2 amide bonds. The minimum absolute atomic E-state index is 0. The maximum atomic E-state index is 12.6. The lowest BCUT2D eigenvalue weighted by Gasteiger charge is -2.30. The second-order valence-electron chi connectivity index (χ2n) is 5.50. The van der Waals surface area contributed by atoms with Crippen LogP contribution in [-0.4, -0.2) is 30.6 Å². The van der Waals surface area contributed by atoms with Gasteiger partial charge in [0.1, 0.15) is 12.0 Å². The van der Waals surface area contributed by atoms with Crippen molar-refractivity contribution in [3.63, 3.8) is 0 Å². The molecule has 1 fully saturated rings. The first-order valence-electron chi connectivity index (χ1n) is 7.24. The van der Waals surface area contributed by atoms with Gasteiger partial charge in [-0.25, -0.2) is 0 Å². The normalized spacial score (nSPS) is 22.1. The molecule has 1 heterocycles. The molecule has 0 aromatic heterocycles. The van der Waals surface area contributed by atoms with E-state index in [0.717, 1.165) is 5.56 Å². The average Bonchev–Trinajstić information content (AvgIpc) is 2.52. The van der Waals surface area contributed by atoms with E-state index >= 15 is 0 Å². The van der Waals surface area contributed by atoms with E-state index in [2.05, 4.69) is 5.32 Å². The smallest absolute Gasteiger partial charge is 0.354 e. The molecule has 1 aliphatic rings. The fourth-order valence-corrected chi connectivity index (χ4v) is 2.46. The highest BCUT2D eigenvalue weighted by molar-refractivity contribution is 6.00. The van der Waals surface area contributed by atoms with E-state index in [1.54, 1.807) is 12.1 Å². The van der Waals surface area contributed by atoms with Crippen LogP contribution in [0.15, 0.2) is 30.3 Å². The standard InChI is InChI=1S/C15H18F3N3O2.ClH/c16-15(17,18)12-7-6-10(14(23)21-12)13(22)20-8-11(19)9-4-2-1-3-5-9;/h1-5,10-12H,6-8,19H2,(H,20,22)(H,21,23);1H. The predicted molar refractivity (Wildman–Crippen MR) is 84.3 cm³/mol. The first-order chi connectivity index (χ1) is 10.8. The molecule has 0 bridgehead atoms. The first-order valence-corrected chi connectivity index (χ1v) is 7.24. The van der Waals surface area contributed by atoms with E-state index in [9.17, 15) is 22.8 Å². The molecule has 3 unspecified atom stereocenters. The van der Waals surface area contributed by atoms with Crippen molar-refractivity contribution in [2.45, 2.75) is 31.1 Å². The Kier molecular flexibility index (Phi) is 7.04. The van der Waals surface area contributed by atoms with Gasteiger partial charge in [0.25, 0.3) is 0 Å². The number of piperidine rings is 1. The molecule has 24 heavy (non-hydrogen) atoms. The molecule has 1 saturated heterocycles. The van der Waals surface area contributed by atoms with Gasteiger partial charge in [-0.15, -0.1) is 12.4 Å². The van der Waals surface area contributed by atoms with Crippen molar-refractivity contribution < 1.29 is 22.8 Å². The molecule has 9 heteroatoms. The van der Waals surface area contributed by atoms with Crippen LogP contribution in [-0.2, 0) is 9.59 Å². The zero-order chi connectivity index (χ0) is 17.0. The lowest BCUT2D eigenvalue weighted by atomic mass is 9.92. The monoisotopic (exact) mass is 365 g/mol. The second kappa shape index (κ2) is 8.34. The lowest BCUT2D eigenvalue weighted by Crippen LogP contribution is -2.54. The fraction of sp³-hybridized carbons (Fsp3) is 0.467. The number of carbonyl (C=O) groups is 2. The lowest BCUT2D eigenvalue weighted by molar-refractivity contribution is -0.171. The molecule has 134 valence electrons. The summed E-state index contributed by atoms with van der Waals surface area (Å²) in [6, 6.07) is 6.72. The summed E-state index contributed by atoms with van der Waals surface area (Å²) in [5, 5.41) is 4.38. The summed E-state index contributed by atoms with van der Waals surface area (Å²) in [4.78, 5) is 23.7. The molecule has 0 radical (unpaired) electrons. The largest absolute Gasteiger partial charge is 0.408 e. The van der Waals surface area contributed by atoms with E-state index < -0.39 is 36.0 Å². The molecule has 1 aromatic carbocycles. The number of benzene rings is 1. The molecule has 4 N–H and O–H groups in total. The van der Waals surface area contributed by atoms with Crippen LogP contribution in [0.1, 0.15) is 24.4 Å². The Hall–Kier alpha value is -1.80. The Morgan fingerprint density at radius 2 is 1.92 bits per heavy atom. The highest BCUT2D eigenvalue weighted by Crippen LogP contribution is 2.28. The molecule has 0 aliphatic carbocycles. The fourth-order valence-electron chi connectivity index (χ4n) is 2.46. The van der Waals surface area contributed by atoms with Crippen molar-refractivity contribution in [3.8, 4) is 0 Å². The molecule has 1 aliphatic heterocycles.